The molecule has 0 amide bonds. The molecule has 2 aromatic rings. The highest BCUT2D eigenvalue weighted by Crippen LogP contribution is 2.27. The van der Waals surface area contributed by atoms with Crippen molar-refractivity contribution < 1.29 is 9.47 Å². The second-order valence-electron chi connectivity index (χ2n) is 7.76. The molecule has 0 radical (unpaired) electrons. The van der Waals surface area contributed by atoms with Crippen LogP contribution in [0.25, 0.3) is 0 Å². The minimum Gasteiger partial charge on any atom is -0.492 e. The van der Waals surface area contributed by atoms with Crippen LogP contribution in [-0.2, 0) is 11.3 Å². The Morgan fingerprint density at radius 2 is 1.87 bits per heavy atom. The number of piperidine rings is 1. The van der Waals surface area contributed by atoms with Crippen LogP contribution >= 0.6 is 11.6 Å². The summed E-state index contributed by atoms with van der Waals surface area (Å²) in [6.45, 7) is 8.81. The van der Waals surface area contributed by atoms with Gasteiger partial charge in [-0.2, -0.15) is 0 Å². The van der Waals surface area contributed by atoms with Gasteiger partial charge in [0.15, 0.2) is 0 Å². The van der Waals surface area contributed by atoms with E-state index in [9.17, 15) is 0 Å². The first kappa shape index (κ1) is 21.2. The molecule has 1 aromatic heterocycles. The molecule has 2 saturated heterocycles. The number of morpholine rings is 1. The van der Waals surface area contributed by atoms with E-state index in [0.29, 0.717) is 17.7 Å². The molecule has 3 heterocycles. The van der Waals surface area contributed by atoms with Crippen molar-refractivity contribution in [2.24, 2.45) is 0 Å². The third kappa shape index (κ3) is 5.53. The zero-order valence-corrected chi connectivity index (χ0v) is 18.3. The highest BCUT2D eigenvalue weighted by Gasteiger charge is 2.20. The van der Waals surface area contributed by atoms with Gasteiger partial charge < -0.3 is 19.7 Å². The molecule has 0 unspecified atom stereocenters. The number of halogens is 1. The molecule has 0 spiro atoms. The Bertz CT molecular complexity index is 806. The maximum atomic E-state index is 6.20. The Labute approximate surface area is 183 Å². The largest absolute Gasteiger partial charge is 0.492 e. The fraction of sp³-hybridized carbons (Fsp3) is 0.545. The number of nitrogens with zero attached hydrogens (tertiary/aromatic N) is 4. The minimum atomic E-state index is 0.447. The van der Waals surface area contributed by atoms with Gasteiger partial charge in [-0.3, -0.25) is 4.90 Å². The molecule has 7 nitrogen and oxygen atoms in total. The molecule has 1 N–H and O–H groups in total. The van der Waals surface area contributed by atoms with Crippen LogP contribution in [0.4, 0.5) is 11.6 Å². The highest BCUT2D eigenvalue weighted by molar-refractivity contribution is 6.32. The van der Waals surface area contributed by atoms with Crippen LogP contribution < -0.4 is 15.0 Å². The third-order valence-electron chi connectivity index (χ3n) is 5.59. The molecule has 2 aliphatic rings. The van der Waals surface area contributed by atoms with E-state index in [1.165, 1.54) is 5.56 Å². The molecule has 0 bridgehead atoms. The van der Waals surface area contributed by atoms with Gasteiger partial charge in [0.2, 0.25) is 5.95 Å². The van der Waals surface area contributed by atoms with Crippen molar-refractivity contribution >= 4 is 23.2 Å². The molecule has 0 atom stereocenters. The zero-order chi connectivity index (χ0) is 20.8. The SMILES string of the molecule is CCOc1cc(CN2CCC(Nc3cnc(N4CCOCC4)nc3)CC2)ccc1Cl. The number of likely N-dealkylation sites (tertiary alicyclic amines) is 1. The average Bonchev–Trinajstić information content (AvgIpc) is 2.79. The molecule has 4 rings (SSSR count). The van der Waals surface area contributed by atoms with Gasteiger partial charge >= 0.3 is 0 Å². The highest BCUT2D eigenvalue weighted by atomic mass is 35.5. The van der Waals surface area contributed by atoms with Crippen molar-refractivity contribution in [3.8, 4) is 5.75 Å². The van der Waals surface area contributed by atoms with Crippen molar-refractivity contribution in [2.45, 2.75) is 32.4 Å². The summed E-state index contributed by atoms with van der Waals surface area (Å²) in [6, 6.07) is 6.52. The lowest BCUT2D eigenvalue weighted by Crippen LogP contribution is -2.39. The molecule has 30 heavy (non-hydrogen) atoms. The maximum Gasteiger partial charge on any atom is 0.225 e. The Morgan fingerprint density at radius 3 is 2.57 bits per heavy atom. The average molecular weight is 432 g/mol. The van der Waals surface area contributed by atoms with Gasteiger partial charge in [-0.05, 0) is 37.5 Å². The van der Waals surface area contributed by atoms with Gasteiger partial charge in [-0.25, -0.2) is 9.97 Å². The number of anilines is 2. The summed E-state index contributed by atoms with van der Waals surface area (Å²) < 4.78 is 11.0. The quantitative estimate of drug-likeness (QED) is 0.720. The first-order valence-corrected chi connectivity index (χ1v) is 11.1. The van der Waals surface area contributed by atoms with E-state index in [0.717, 1.165) is 76.2 Å². The normalized spacial score (nSPS) is 18.4. The molecule has 1 aromatic carbocycles. The number of nitrogens with one attached hydrogen (secondary N) is 1. The summed E-state index contributed by atoms with van der Waals surface area (Å²) in [5.41, 5.74) is 2.23. The van der Waals surface area contributed by atoms with Crippen LogP contribution in [-0.4, -0.2) is 66.9 Å². The van der Waals surface area contributed by atoms with Crippen LogP contribution in [0.1, 0.15) is 25.3 Å². The molecule has 162 valence electrons. The number of hydrogen-bond acceptors (Lipinski definition) is 7. The van der Waals surface area contributed by atoms with E-state index >= 15 is 0 Å². The summed E-state index contributed by atoms with van der Waals surface area (Å²) in [7, 11) is 0. The van der Waals surface area contributed by atoms with E-state index in [1.807, 2.05) is 25.4 Å². The predicted octanol–water partition coefficient (Wildman–Crippen LogP) is 3.44. The second kappa shape index (κ2) is 10.3. The lowest BCUT2D eigenvalue weighted by atomic mass is 10.0. The first-order chi connectivity index (χ1) is 14.7. The fourth-order valence-corrected chi connectivity index (χ4v) is 4.14. The molecule has 2 aliphatic heterocycles. The Kier molecular flexibility index (Phi) is 7.25. The minimum absolute atomic E-state index is 0.447. The standard InChI is InChI=1S/C22H30ClN5O2/c1-2-30-21-13-17(3-4-20(21)23)16-27-7-5-18(6-8-27)26-19-14-24-22(25-15-19)28-9-11-29-12-10-28/h3-4,13-15,18,26H,2,5-12,16H2,1H3. The van der Waals surface area contributed by atoms with Gasteiger partial charge in [0.25, 0.3) is 0 Å². The van der Waals surface area contributed by atoms with Crippen LogP contribution in [0.5, 0.6) is 5.75 Å². The zero-order valence-electron chi connectivity index (χ0n) is 17.5. The predicted molar refractivity (Wildman–Crippen MR) is 120 cm³/mol. The van der Waals surface area contributed by atoms with Crippen LogP contribution in [0.15, 0.2) is 30.6 Å². The summed E-state index contributed by atoms with van der Waals surface area (Å²) in [6.07, 6.45) is 5.98. The van der Waals surface area contributed by atoms with E-state index < -0.39 is 0 Å². The van der Waals surface area contributed by atoms with Gasteiger partial charge in [0.1, 0.15) is 5.75 Å². The summed E-state index contributed by atoms with van der Waals surface area (Å²) >= 11 is 6.20. The van der Waals surface area contributed by atoms with Gasteiger partial charge in [0.05, 0.1) is 42.9 Å². The number of rotatable bonds is 7. The molecular weight excluding hydrogens is 402 g/mol. The van der Waals surface area contributed by atoms with Crippen LogP contribution in [0.3, 0.4) is 0 Å². The fourth-order valence-electron chi connectivity index (χ4n) is 3.96. The second-order valence-corrected chi connectivity index (χ2v) is 8.17. The summed E-state index contributed by atoms with van der Waals surface area (Å²) in [5.74, 6) is 1.56. The molecule has 8 heteroatoms. The van der Waals surface area contributed by atoms with Crippen molar-refractivity contribution in [2.75, 3.05) is 56.2 Å². The van der Waals surface area contributed by atoms with Crippen LogP contribution in [0, 0.1) is 0 Å². The molecule has 0 saturated carbocycles. The molecule has 2 fully saturated rings. The number of ether oxygens (including phenoxy) is 2. The van der Waals surface area contributed by atoms with Crippen molar-refractivity contribution in [1.29, 1.82) is 0 Å². The van der Waals surface area contributed by atoms with Crippen molar-refractivity contribution in [1.82, 2.24) is 14.9 Å². The Balaban J connectivity index is 1.25. The van der Waals surface area contributed by atoms with Crippen molar-refractivity contribution in [3.63, 3.8) is 0 Å². The van der Waals surface area contributed by atoms with E-state index in [-0.39, 0.29) is 0 Å². The smallest absolute Gasteiger partial charge is 0.225 e. The van der Waals surface area contributed by atoms with Gasteiger partial charge in [0, 0.05) is 38.8 Å². The first-order valence-electron chi connectivity index (χ1n) is 10.8. The number of hydrogen-bond donors (Lipinski definition) is 1. The van der Waals surface area contributed by atoms with E-state index in [4.69, 9.17) is 21.1 Å². The summed E-state index contributed by atoms with van der Waals surface area (Å²) in [4.78, 5) is 13.7. The number of benzene rings is 1. The molecular formula is C22H30ClN5O2. The summed E-state index contributed by atoms with van der Waals surface area (Å²) in [5, 5.41) is 4.27. The van der Waals surface area contributed by atoms with Gasteiger partial charge in [-0.1, -0.05) is 17.7 Å². The van der Waals surface area contributed by atoms with Crippen molar-refractivity contribution in [3.05, 3.63) is 41.2 Å². The topological polar surface area (TPSA) is 62.8 Å². The molecule has 0 aliphatic carbocycles. The Hall–Kier alpha value is -2.09. The van der Waals surface area contributed by atoms with E-state index in [2.05, 4.69) is 37.2 Å². The monoisotopic (exact) mass is 431 g/mol. The van der Waals surface area contributed by atoms with E-state index in [1.54, 1.807) is 0 Å². The third-order valence-corrected chi connectivity index (χ3v) is 5.90. The van der Waals surface area contributed by atoms with Gasteiger partial charge in [-0.15, -0.1) is 0 Å². The lowest BCUT2D eigenvalue weighted by Gasteiger charge is -2.33. The Morgan fingerprint density at radius 1 is 1.13 bits per heavy atom. The maximum absolute atomic E-state index is 6.20. The lowest BCUT2D eigenvalue weighted by molar-refractivity contribution is 0.122. The number of aromatic nitrogens is 2. The van der Waals surface area contributed by atoms with Crippen LogP contribution in [0.2, 0.25) is 5.02 Å².